The summed E-state index contributed by atoms with van der Waals surface area (Å²) >= 11 is 0. The first-order valence-corrected chi connectivity index (χ1v) is 18.1. The SMILES string of the molecule is CCCCOC(COP(=O)(O)O)(OCCCC)OCCCC.O=P(Oc1ccccc1)(Oc1ccccc1)Oc1ccccc1. The van der Waals surface area contributed by atoms with Crippen LogP contribution < -0.4 is 13.6 Å². The molecule has 0 bridgehead atoms. The summed E-state index contributed by atoms with van der Waals surface area (Å²) in [5.41, 5.74) is 0. The van der Waals surface area contributed by atoms with E-state index in [9.17, 15) is 9.13 Å². The molecule has 11 nitrogen and oxygen atoms in total. The van der Waals surface area contributed by atoms with Crippen LogP contribution >= 0.6 is 15.6 Å². The van der Waals surface area contributed by atoms with Crippen LogP contribution in [0.15, 0.2) is 91.0 Å². The van der Waals surface area contributed by atoms with Crippen molar-refractivity contribution in [1.82, 2.24) is 0 Å². The quantitative estimate of drug-likeness (QED) is 0.0641. The van der Waals surface area contributed by atoms with E-state index in [1.165, 1.54) is 0 Å². The van der Waals surface area contributed by atoms with Crippen molar-refractivity contribution < 1.29 is 51.2 Å². The Morgan fingerprint density at radius 1 is 0.556 bits per heavy atom. The lowest BCUT2D eigenvalue weighted by Gasteiger charge is -2.33. The zero-order valence-electron chi connectivity index (χ0n) is 26.2. The molecule has 250 valence electrons. The Balaban J connectivity index is 0.000000314. The van der Waals surface area contributed by atoms with Crippen LogP contribution in [0.1, 0.15) is 59.3 Å². The van der Waals surface area contributed by atoms with Crippen LogP contribution in [-0.4, -0.2) is 42.2 Å². The first-order chi connectivity index (χ1) is 21.6. The van der Waals surface area contributed by atoms with Crippen molar-refractivity contribution in [1.29, 1.82) is 0 Å². The highest BCUT2D eigenvalue weighted by Crippen LogP contribution is 2.49. The van der Waals surface area contributed by atoms with Gasteiger partial charge in [-0.05, 0) is 55.7 Å². The number of para-hydroxylation sites is 3. The number of rotatable bonds is 21. The largest absolute Gasteiger partial charge is 0.647 e. The molecule has 45 heavy (non-hydrogen) atoms. The summed E-state index contributed by atoms with van der Waals surface area (Å²) in [5, 5.41) is 0. The third kappa shape index (κ3) is 17.0. The summed E-state index contributed by atoms with van der Waals surface area (Å²) in [6.07, 6.45) is 5.18. The molecule has 2 N–H and O–H groups in total. The van der Waals surface area contributed by atoms with Gasteiger partial charge in [-0.1, -0.05) is 94.6 Å². The van der Waals surface area contributed by atoms with Crippen LogP contribution in [0.25, 0.3) is 0 Å². The average Bonchev–Trinajstić information content (AvgIpc) is 3.02. The molecule has 3 aromatic carbocycles. The predicted molar refractivity (Wildman–Crippen MR) is 172 cm³/mol. The maximum Gasteiger partial charge on any atom is 0.647 e. The van der Waals surface area contributed by atoms with Crippen LogP contribution in [-0.2, 0) is 27.9 Å². The summed E-state index contributed by atoms with van der Waals surface area (Å²) < 4.78 is 62.1. The van der Waals surface area contributed by atoms with Gasteiger partial charge in [-0.2, -0.15) is 4.57 Å². The minimum atomic E-state index is -4.62. The number of benzene rings is 3. The van der Waals surface area contributed by atoms with Crippen molar-refractivity contribution in [3.05, 3.63) is 91.0 Å². The van der Waals surface area contributed by atoms with Crippen molar-refractivity contribution in [3.63, 3.8) is 0 Å². The number of hydrogen-bond acceptors (Lipinski definition) is 9. The standard InChI is InChI=1S/C18H15O4P.C14H31O7P/c19-23(20-16-10-4-1-5-11-16,21-17-12-6-2-7-13-17)22-18-14-8-3-9-15-18;1-4-7-10-18-14(19-11-8-5-2,20-12-9-6-3)13-21-22(15,16)17/h1-15H;4-13H2,1-3H3,(H2,15,16,17). The molecule has 0 radical (unpaired) electrons. The molecule has 13 heteroatoms. The van der Waals surface area contributed by atoms with Gasteiger partial charge in [0.15, 0.2) is 0 Å². The van der Waals surface area contributed by atoms with Gasteiger partial charge < -0.3 is 37.6 Å². The minimum absolute atomic E-state index is 0.374. The monoisotopic (exact) mass is 668 g/mol. The number of phosphoric ester groups is 2. The van der Waals surface area contributed by atoms with E-state index in [0.29, 0.717) is 37.1 Å². The molecule has 0 unspecified atom stereocenters. The van der Waals surface area contributed by atoms with E-state index >= 15 is 0 Å². The van der Waals surface area contributed by atoms with Gasteiger partial charge >= 0.3 is 21.6 Å². The number of ether oxygens (including phenoxy) is 3. The van der Waals surface area contributed by atoms with Crippen LogP contribution in [0.3, 0.4) is 0 Å². The summed E-state index contributed by atoms with van der Waals surface area (Å²) in [7, 11) is -8.50. The van der Waals surface area contributed by atoms with Crippen molar-refractivity contribution in [3.8, 4) is 17.2 Å². The predicted octanol–water partition coefficient (Wildman–Crippen LogP) is 8.53. The van der Waals surface area contributed by atoms with E-state index in [-0.39, 0.29) is 0 Å². The summed E-state index contributed by atoms with van der Waals surface area (Å²) in [4.78, 5) is 17.8. The zero-order valence-corrected chi connectivity index (χ0v) is 28.0. The van der Waals surface area contributed by atoms with Gasteiger partial charge in [0.1, 0.15) is 23.9 Å². The fourth-order valence-corrected chi connectivity index (χ4v) is 4.99. The van der Waals surface area contributed by atoms with E-state index in [1.807, 2.05) is 39.0 Å². The van der Waals surface area contributed by atoms with Crippen LogP contribution in [0, 0.1) is 0 Å². The number of unbranched alkanes of at least 4 members (excludes halogenated alkanes) is 3. The van der Waals surface area contributed by atoms with Crippen molar-refractivity contribution >= 4 is 15.6 Å². The molecule has 0 aliphatic rings. The summed E-state index contributed by atoms with van der Waals surface area (Å²) in [5.74, 6) is -0.339. The fourth-order valence-electron chi connectivity index (χ4n) is 3.42. The lowest BCUT2D eigenvalue weighted by Crippen LogP contribution is -2.44. The lowest BCUT2D eigenvalue weighted by molar-refractivity contribution is -0.390. The third-order valence-electron chi connectivity index (χ3n) is 5.75. The van der Waals surface area contributed by atoms with E-state index in [0.717, 1.165) is 38.5 Å². The first kappa shape index (κ1) is 38.5. The summed E-state index contributed by atoms with van der Waals surface area (Å²) in [6.45, 7) is 6.72. The van der Waals surface area contributed by atoms with Gasteiger partial charge in [-0.3, -0.25) is 4.52 Å². The van der Waals surface area contributed by atoms with Gasteiger partial charge in [0, 0.05) is 0 Å². The van der Waals surface area contributed by atoms with Crippen molar-refractivity contribution in [2.75, 3.05) is 26.4 Å². The van der Waals surface area contributed by atoms with Gasteiger partial charge in [0.25, 0.3) is 0 Å². The van der Waals surface area contributed by atoms with Gasteiger partial charge in [-0.25, -0.2) is 4.57 Å². The molecule has 0 aliphatic carbocycles. The molecule has 0 heterocycles. The van der Waals surface area contributed by atoms with Crippen molar-refractivity contribution in [2.24, 2.45) is 0 Å². The van der Waals surface area contributed by atoms with Crippen LogP contribution in [0.2, 0.25) is 0 Å². The molecule has 0 amide bonds. The number of phosphoric acid groups is 2. The van der Waals surface area contributed by atoms with E-state index in [1.54, 1.807) is 72.8 Å². The Bertz CT molecular complexity index is 1120. The van der Waals surface area contributed by atoms with E-state index in [4.69, 9.17) is 37.6 Å². The van der Waals surface area contributed by atoms with E-state index in [2.05, 4.69) is 4.52 Å². The molecule has 0 spiro atoms. The molecular formula is C32H46O11P2. The Hall–Kier alpha value is -2.72. The second-order valence-corrected chi connectivity index (χ2v) is 12.4. The lowest BCUT2D eigenvalue weighted by atomic mass is 10.3. The Labute approximate surface area is 266 Å². The Kier molecular flexibility index (Phi) is 18.1. The van der Waals surface area contributed by atoms with Crippen LogP contribution in [0.4, 0.5) is 0 Å². The topological polar surface area (TPSA) is 139 Å². The van der Waals surface area contributed by atoms with Gasteiger partial charge in [0.2, 0.25) is 0 Å². The minimum Gasteiger partial charge on any atom is -0.386 e. The highest BCUT2D eigenvalue weighted by molar-refractivity contribution is 7.49. The summed E-state index contributed by atoms with van der Waals surface area (Å²) in [6, 6.07) is 26.4. The molecule has 0 saturated heterocycles. The van der Waals surface area contributed by atoms with Gasteiger partial charge in [0.05, 0.1) is 19.8 Å². The molecule has 3 rings (SSSR count). The highest BCUT2D eigenvalue weighted by Gasteiger charge is 2.37. The molecule has 0 atom stereocenters. The molecule has 0 aromatic heterocycles. The maximum absolute atomic E-state index is 13.1. The first-order valence-electron chi connectivity index (χ1n) is 15.1. The zero-order chi connectivity index (χ0) is 32.9. The fraction of sp³-hybridized carbons (Fsp3) is 0.438. The smallest absolute Gasteiger partial charge is 0.386 e. The molecule has 0 aliphatic heterocycles. The second kappa shape index (κ2) is 21.1. The maximum atomic E-state index is 13.1. The Morgan fingerprint density at radius 3 is 1.13 bits per heavy atom. The second-order valence-electron chi connectivity index (χ2n) is 9.71. The molecule has 0 saturated carbocycles. The normalized spacial score (nSPS) is 11.8. The third-order valence-corrected chi connectivity index (χ3v) is 7.52. The number of hydrogen-bond donors (Lipinski definition) is 2. The van der Waals surface area contributed by atoms with E-state index < -0.39 is 28.2 Å². The highest BCUT2D eigenvalue weighted by atomic mass is 31.2. The Morgan fingerprint density at radius 2 is 0.867 bits per heavy atom. The molecular weight excluding hydrogens is 622 g/mol. The van der Waals surface area contributed by atoms with Crippen molar-refractivity contribution in [2.45, 2.75) is 65.3 Å². The van der Waals surface area contributed by atoms with Crippen LogP contribution in [0.5, 0.6) is 17.2 Å². The molecule has 0 fully saturated rings. The van der Waals surface area contributed by atoms with Gasteiger partial charge in [-0.15, -0.1) is 0 Å². The molecule has 3 aromatic rings. The average molecular weight is 669 g/mol.